The van der Waals surface area contributed by atoms with E-state index in [9.17, 15) is 0 Å². The first-order valence-electron chi connectivity index (χ1n) is 5.56. The summed E-state index contributed by atoms with van der Waals surface area (Å²) in [5.74, 6) is 0. The number of nitrogens with zero attached hydrogens (tertiary/aromatic N) is 2. The van der Waals surface area contributed by atoms with Gasteiger partial charge in [0.15, 0.2) is 0 Å². The number of hydrogen-bond acceptors (Lipinski definition) is 3. The molecule has 0 aliphatic heterocycles. The molecule has 0 saturated heterocycles. The van der Waals surface area contributed by atoms with E-state index in [1.54, 1.807) is 0 Å². The summed E-state index contributed by atoms with van der Waals surface area (Å²) in [4.78, 5) is 0. The van der Waals surface area contributed by atoms with E-state index < -0.39 is 0 Å². The van der Waals surface area contributed by atoms with Gasteiger partial charge >= 0.3 is 0 Å². The molecule has 0 amide bonds. The fourth-order valence-corrected chi connectivity index (χ4v) is 1.80. The Morgan fingerprint density at radius 2 is 2.07 bits per heavy atom. The molecule has 0 unspecified atom stereocenters. The Bertz CT molecular complexity index is 304. The van der Waals surface area contributed by atoms with Crippen molar-refractivity contribution in [3.05, 3.63) is 17.0 Å². The summed E-state index contributed by atoms with van der Waals surface area (Å²) >= 11 is 0. The molecular weight excluding hydrogens is 188 g/mol. The van der Waals surface area contributed by atoms with Crippen LogP contribution in [0.25, 0.3) is 0 Å². The second kappa shape index (κ2) is 5.88. The Morgan fingerprint density at radius 1 is 1.33 bits per heavy atom. The molecule has 1 aromatic rings. The SMILES string of the molecule is Cc1nn(C)c(C)c1CCCNCCN. The van der Waals surface area contributed by atoms with Gasteiger partial charge in [-0.1, -0.05) is 0 Å². The van der Waals surface area contributed by atoms with Crippen LogP contribution < -0.4 is 11.1 Å². The smallest absolute Gasteiger partial charge is 0.0628 e. The maximum atomic E-state index is 5.40. The van der Waals surface area contributed by atoms with E-state index in [1.807, 2.05) is 11.7 Å². The first-order chi connectivity index (χ1) is 7.16. The van der Waals surface area contributed by atoms with Crippen LogP contribution in [0.2, 0.25) is 0 Å². The average molecular weight is 210 g/mol. The largest absolute Gasteiger partial charge is 0.329 e. The van der Waals surface area contributed by atoms with Crippen molar-refractivity contribution in [3.63, 3.8) is 0 Å². The third-order valence-electron chi connectivity index (χ3n) is 2.76. The minimum Gasteiger partial charge on any atom is -0.329 e. The molecule has 0 atom stereocenters. The number of hydrogen-bond donors (Lipinski definition) is 2. The molecule has 4 nitrogen and oxygen atoms in total. The van der Waals surface area contributed by atoms with Gasteiger partial charge in [-0.05, 0) is 38.8 Å². The lowest BCUT2D eigenvalue weighted by Crippen LogP contribution is -2.23. The van der Waals surface area contributed by atoms with Gasteiger partial charge in [-0.2, -0.15) is 5.10 Å². The van der Waals surface area contributed by atoms with Crippen molar-refractivity contribution in [2.45, 2.75) is 26.7 Å². The van der Waals surface area contributed by atoms with Crippen LogP contribution in [0.3, 0.4) is 0 Å². The summed E-state index contributed by atoms with van der Waals surface area (Å²) < 4.78 is 1.96. The minimum atomic E-state index is 0.713. The van der Waals surface area contributed by atoms with Gasteiger partial charge in [-0.3, -0.25) is 4.68 Å². The summed E-state index contributed by atoms with van der Waals surface area (Å²) in [6.07, 6.45) is 2.25. The third-order valence-corrected chi connectivity index (χ3v) is 2.76. The van der Waals surface area contributed by atoms with Crippen LogP contribution in [0.1, 0.15) is 23.4 Å². The van der Waals surface area contributed by atoms with Crippen molar-refractivity contribution in [3.8, 4) is 0 Å². The topological polar surface area (TPSA) is 55.9 Å². The molecule has 3 N–H and O–H groups in total. The van der Waals surface area contributed by atoms with Crippen LogP contribution in [-0.2, 0) is 13.5 Å². The van der Waals surface area contributed by atoms with E-state index >= 15 is 0 Å². The Morgan fingerprint density at radius 3 is 2.60 bits per heavy atom. The van der Waals surface area contributed by atoms with E-state index in [4.69, 9.17) is 5.73 Å². The number of nitrogens with two attached hydrogens (primary N) is 1. The highest BCUT2D eigenvalue weighted by molar-refractivity contribution is 5.24. The predicted octanol–water partition coefficient (Wildman–Crippen LogP) is 0.518. The Hall–Kier alpha value is -0.870. The maximum absolute atomic E-state index is 5.40. The minimum absolute atomic E-state index is 0.713. The molecule has 0 spiro atoms. The predicted molar refractivity (Wildman–Crippen MR) is 62.9 cm³/mol. The van der Waals surface area contributed by atoms with E-state index in [-0.39, 0.29) is 0 Å². The summed E-state index contributed by atoms with van der Waals surface area (Å²) in [6, 6.07) is 0. The molecule has 0 saturated carbocycles. The summed E-state index contributed by atoms with van der Waals surface area (Å²) in [7, 11) is 2.00. The Kier molecular flexibility index (Phi) is 4.78. The molecular formula is C11H22N4. The summed E-state index contributed by atoms with van der Waals surface area (Å²) in [5, 5.41) is 7.70. The summed E-state index contributed by atoms with van der Waals surface area (Å²) in [5.41, 5.74) is 9.24. The molecule has 0 bridgehead atoms. The second-order valence-corrected chi connectivity index (χ2v) is 3.92. The molecule has 0 aliphatic carbocycles. The first kappa shape index (κ1) is 12.2. The fraction of sp³-hybridized carbons (Fsp3) is 0.727. The number of aromatic nitrogens is 2. The molecule has 86 valence electrons. The standard InChI is InChI=1S/C11H22N4/c1-9-11(10(2)15(3)14-9)5-4-7-13-8-6-12/h13H,4-8,12H2,1-3H3. The normalized spacial score (nSPS) is 10.9. The van der Waals surface area contributed by atoms with Crippen LogP contribution in [-0.4, -0.2) is 29.4 Å². The van der Waals surface area contributed by atoms with E-state index in [1.165, 1.54) is 11.3 Å². The quantitative estimate of drug-likeness (QED) is 0.673. The van der Waals surface area contributed by atoms with Crippen molar-refractivity contribution < 1.29 is 0 Å². The van der Waals surface area contributed by atoms with Crippen molar-refractivity contribution >= 4 is 0 Å². The monoisotopic (exact) mass is 210 g/mol. The highest BCUT2D eigenvalue weighted by atomic mass is 15.3. The van der Waals surface area contributed by atoms with Crippen molar-refractivity contribution in [1.82, 2.24) is 15.1 Å². The zero-order valence-corrected chi connectivity index (χ0v) is 10.0. The van der Waals surface area contributed by atoms with Gasteiger partial charge in [0.25, 0.3) is 0 Å². The van der Waals surface area contributed by atoms with Crippen molar-refractivity contribution in [1.29, 1.82) is 0 Å². The van der Waals surface area contributed by atoms with E-state index in [2.05, 4.69) is 24.3 Å². The molecule has 4 heteroatoms. The fourth-order valence-electron chi connectivity index (χ4n) is 1.80. The van der Waals surface area contributed by atoms with E-state index in [0.717, 1.165) is 31.6 Å². The second-order valence-electron chi connectivity index (χ2n) is 3.92. The Balaban J connectivity index is 2.37. The summed E-state index contributed by atoms with van der Waals surface area (Å²) in [6.45, 7) is 6.86. The van der Waals surface area contributed by atoms with Gasteiger partial charge < -0.3 is 11.1 Å². The van der Waals surface area contributed by atoms with Crippen LogP contribution >= 0.6 is 0 Å². The van der Waals surface area contributed by atoms with Gasteiger partial charge in [-0.15, -0.1) is 0 Å². The molecule has 0 aliphatic rings. The van der Waals surface area contributed by atoms with Crippen LogP contribution in [0, 0.1) is 13.8 Å². The van der Waals surface area contributed by atoms with Crippen LogP contribution in [0.5, 0.6) is 0 Å². The molecule has 0 radical (unpaired) electrons. The average Bonchev–Trinajstić information content (AvgIpc) is 2.44. The first-order valence-corrected chi connectivity index (χ1v) is 5.56. The van der Waals surface area contributed by atoms with Crippen LogP contribution in [0.15, 0.2) is 0 Å². The van der Waals surface area contributed by atoms with Crippen molar-refractivity contribution in [2.75, 3.05) is 19.6 Å². The number of nitrogens with one attached hydrogen (secondary N) is 1. The Labute approximate surface area is 91.8 Å². The molecule has 1 heterocycles. The molecule has 1 aromatic heterocycles. The lowest BCUT2D eigenvalue weighted by Gasteiger charge is -2.03. The van der Waals surface area contributed by atoms with Gasteiger partial charge in [0.2, 0.25) is 0 Å². The van der Waals surface area contributed by atoms with E-state index in [0.29, 0.717) is 6.54 Å². The highest BCUT2D eigenvalue weighted by Gasteiger charge is 2.07. The van der Waals surface area contributed by atoms with Gasteiger partial charge in [0, 0.05) is 25.8 Å². The van der Waals surface area contributed by atoms with Gasteiger partial charge in [-0.25, -0.2) is 0 Å². The maximum Gasteiger partial charge on any atom is 0.0628 e. The molecule has 1 rings (SSSR count). The molecule has 0 fully saturated rings. The van der Waals surface area contributed by atoms with Crippen molar-refractivity contribution in [2.24, 2.45) is 12.8 Å². The van der Waals surface area contributed by atoms with Gasteiger partial charge in [0.05, 0.1) is 5.69 Å². The lowest BCUT2D eigenvalue weighted by atomic mass is 10.1. The third kappa shape index (κ3) is 3.32. The zero-order chi connectivity index (χ0) is 11.3. The molecule has 0 aromatic carbocycles. The molecule has 15 heavy (non-hydrogen) atoms. The highest BCUT2D eigenvalue weighted by Crippen LogP contribution is 2.13. The zero-order valence-electron chi connectivity index (χ0n) is 10.0. The van der Waals surface area contributed by atoms with Gasteiger partial charge in [0.1, 0.15) is 0 Å². The number of rotatable bonds is 6. The lowest BCUT2D eigenvalue weighted by molar-refractivity contribution is 0.651. The number of aryl methyl sites for hydroxylation is 2. The van der Waals surface area contributed by atoms with Crippen LogP contribution in [0.4, 0.5) is 0 Å².